The number of carbonyl (C=O) groups is 1. The molecule has 1 unspecified atom stereocenters. The van der Waals surface area contributed by atoms with Crippen molar-refractivity contribution >= 4 is 6.29 Å². The summed E-state index contributed by atoms with van der Waals surface area (Å²) in [6.07, 6.45) is 4.41. The van der Waals surface area contributed by atoms with E-state index in [-0.39, 0.29) is 5.54 Å². The Kier molecular flexibility index (Phi) is 1.86. The molecule has 1 saturated heterocycles. The molecular weight excluding hydrogens is 114 g/mol. The molecule has 1 atom stereocenters. The van der Waals surface area contributed by atoms with Gasteiger partial charge in [-0.25, -0.2) is 0 Å². The van der Waals surface area contributed by atoms with Crippen LogP contribution >= 0.6 is 0 Å². The molecule has 9 heavy (non-hydrogen) atoms. The zero-order valence-corrected chi connectivity index (χ0v) is 5.81. The first-order valence-electron chi connectivity index (χ1n) is 3.48. The molecule has 0 aromatic carbocycles. The number of hydrogen-bond acceptors (Lipinski definition) is 2. The van der Waals surface area contributed by atoms with Gasteiger partial charge < -0.3 is 10.1 Å². The minimum atomic E-state index is -0.210. The number of aldehydes is 1. The van der Waals surface area contributed by atoms with Crippen molar-refractivity contribution in [2.24, 2.45) is 0 Å². The standard InChI is InChI=1S/C7H13NO/c1-7(6-9)4-2-3-5-8-7/h6,8H,2-5H2,1H3. The van der Waals surface area contributed by atoms with E-state index in [1.807, 2.05) is 6.92 Å². The molecule has 0 saturated carbocycles. The SMILES string of the molecule is CC1(C=O)CCCCN1. The normalized spacial score (nSPS) is 36.1. The fourth-order valence-electron chi connectivity index (χ4n) is 1.18. The average molecular weight is 127 g/mol. The van der Waals surface area contributed by atoms with E-state index in [1.165, 1.54) is 12.8 Å². The van der Waals surface area contributed by atoms with Gasteiger partial charge in [-0.3, -0.25) is 0 Å². The van der Waals surface area contributed by atoms with Crippen LogP contribution in [0.1, 0.15) is 26.2 Å². The zero-order valence-electron chi connectivity index (χ0n) is 5.81. The van der Waals surface area contributed by atoms with E-state index >= 15 is 0 Å². The van der Waals surface area contributed by atoms with E-state index < -0.39 is 0 Å². The Labute approximate surface area is 55.6 Å². The Hall–Kier alpha value is -0.370. The van der Waals surface area contributed by atoms with Crippen molar-refractivity contribution in [2.45, 2.75) is 31.7 Å². The molecule has 1 heterocycles. The fourth-order valence-corrected chi connectivity index (χ4v) is 1.18. The number of carbonyl (C=O) groups excluding carboxylic acids is 1. The van der Waals surface area contributed by atoms with Crippen LogP contribution in [0.25, 0.3) is 0 Å². The van der Waals surface area contributed by atoms with Gasteiger partial charge in [0.25, 0.3) is 0 Å². The highest BCUT2D eigenvalue weighted by Gasteiger charge is 2.24. The number of nitrogens with one attached hydrogen (secondary N) is 1. The third-order valence-corrected chi connectivity index (χ3v) is 1.91. The van der Waals surface area contributed by atoms with E-state index in [9.17, 15) is 4.79 Å². The van der Waals surface area contributed by atoms with Crippen molar-refractivity contribution in [3.63, 3.8) is 0 Å². The maximum atomic E-state index is 10.4. The predicted molar refractivity (Wildman–Crippen MR) is 36.3 cm³/mol. The monoisotopic (exact) mass is 127 g/mol. The molecule has 2 nitrogen and oxygen atoms in total. The summed E-state index contributed by atoms with van der Waals surface area (Å²) >= 11 is 0. The highest BCUT2D eigenvalue weighted by atomic mass is 16.1. The summed E-state index contributed by atoms with van der Waals surface area (Å²) in [6, 6.07) is 0. The van der Waals surface area contributed by atoms with Crippen LogP contribution in [-0.2, 0) is 4.79 Å². The molecule has 0 spiro atoms. The van der Waals surface area contributed by atoms with Gasteiger partial charge in [0.15, 0.2) is 0 Å². The highest BCUT2D eigenvalue weighted by Crippen LogP contribution is 2.15. The Morgan fingerprint density at radius 3 is 2.67 bits per heavy atom. The molecule has 1 fully saturated rings. The van der Waals surface area contributed by atoms with Crippen LogP contribution in [0.3, 0.4) is 0 Å². The predicted octanol–water partition coefficient (Wildman–Crippen LogP) is 0.718. The summed E-state index contributed by atoms with van der Waals surface area (Å²) in [4.78, 5) is 10.4. The molecule has 1 aliphatic rings. The molecule has 2 heteroatoms. The summed E-state index contributed by atoms with van der Waals surface area (Å²) in [6.45, 7) is 2.95. The topological polar surface area (TPSA) is 29.1 Å². The van der Waals surface area contributed by atoms with E-state index in [4.69, 9.17) is 0 Å². The Morgan fingerprint density at radius 1 is 1.56 bits per heavy atom. The molecule has 0 amide bonds. The van der Waals surface area contributed by atoms with Gasteiger partial charge in [-0.05, 0) is 32.7 Å². The maximum absolute atomic E-state index is 10.4. The van der Waals surface area contributed by atoms with Gasteiger partial charge in [-0.2, -0.15) is 0 Å². The first-order valence-corrected chi connectivity index (χ1v) is 3.48. The lowest BCUT2D eigenvalue weighted by molar-refractivity contribution is -0.113. The number of hydrogen-bond donors (Lipinski definition) is 1. The van der Waals surface area contributed by atoms with E-state index in [2.05, 4.69) is 5.32 Å². The van der Waals surface area contributed by atoms with Gasteiger partial charge in [-0.1, -0.05) is 0 Å². The number of piperidine rings is 1. The molecule has 0 aromatic heterocycles. The minimum absolute atomic E-state index is 0.210. The smallest absolute Gasteiger partial charge is 0.139 e. The average Bonchev–Trinajstić information content (AvgIpc) is 1.90. The van der Waals surface area contributed by atoms with Crippen molar-refractivity contribution in [3.05, 3.63) is 0 Å². The van der Waals surface area contributed by atoms with Gasteiger partial charge in [0, 0.05) is 0 Å². The summed E-state index contributed by atoms with van der Waals surface area (Å²) < 4.78 is 0. The first kappa shape index (κ1) is 6.75. The summed E-state index contributed by atoms with van der Waals surface area (Å²) in [5.74, 6) is 0. The largest absolute Gasteiger partial charge is 0.305 e. The van der Waals surface area contributed by atoms with Gasteiger partial charge in [0.1, 0.15) is 6.29 Å². The molecule has 1 rings (SSSR count). The minimum Gasteiger partial charge on any atom is -0.305 e. The van der Waals surface area contributed by atoms with Crippen molar-refractivity contribution in [2.75, 3.05) is 6.54 Å². The van der Waals surface area contributed by atoms with E-state index in [0.717, 1.165) is 19.3 Å². The van der Waals surface area contributed by atoms with Crippen LogP contribution in [0.5, 0.6) is 0 Å². The van der Waals surface area contributed by atoms with Gasteiger partial charge >= 0.3 is 0 Å². The second-order valence-corrected chi connectivity index (χ2v) is 2.92. The van der Waals surface area contributed by atoms with Crippen LogP contribution in [0, 0.1) is 0 Å². The number of rotatable bonds is 1. The second kappa shape index (κ2) is 2.48. The quantitative estimate of drug-likeness (QED) is 0.526. The molecule has 0 aliphatic carbocycles. The van der Waals surface area contributed by atoms with Gasteiger partial charge in [0.05, 0.1) is 5.54 Å². The molecule has 1 N–H and O–H groups in total. The lowest BCUT2D eigenvalue weighted by Gasteiger charge is -2.28. The maximum Gasteiger partial charge on any atom is 0.139 e. The van der Waals surface area contributed by atoms with Crippen molar-refractivity contribution in [1.82, 2.24) is 5.32 Å². The van der Waals surface area contributed by atoms with Crippen LogP contribution in [0.4, 0.5) is 0 Å². The van der Waals surface area contributed by atoms with Crippen molar-refractivity contribution in [3.8, 4) is 0 Å². The van der Waals surface area contributed by atoms with Gasteiger partial charge in [-0.15, -0.1) is 0 Å². The molecule has 0 bridgehead atoms. The van der Waals surface area contributed by atoms with Crippen molar-refractivity contribution < 1.29 is 4.79 Å². The molecule has 1 aliphatic heterocycles. The molecule has 0 aromatic rings. The van der Waals surface area contributed by atoms with Crippen LogP contribution in [-0.4, -0.2) is 18.4 Å². The third kappa shape index (κ3) is 1.52. The van der Waals surface area contributed by atoms with Crippen LogP contribution in [0.15, 0.2) is 0 Å². The van der Waals surface area contributed by atoms with Gasteiger partial charge in [0.2, 0.25) is 0 Å². The molecule has 0 radical (unpaired) electrons. The Bertz CT molecular complexity index is 105. The van der Waals surface area contributed by atoms with Crippen LogP contribution < -0.4 is 5.32 Å². The lowest BCUT2D eigenvalue weighted by Crippen LogP contribution is -2.47. The summed E-state index contributed by atoms with van der Waals surface area (Å²) in [5.41, 5.74) is -0.210. The second-order valence-electron chi connectivity index (χ2n) is 2.92. The third-order valence-electron chi connectivity index (χ3n) is 1.91. The summed E-state index contributed by atoms with van der Waals surface area (Å²) in [5, 5.41) is 3.18. The van der Waals surface area contributed by atoms with Crippen molar-refractivity contribution in [1.29, 1.82) is 0 Å². The fraction of sp³-hybridized carbons (Fsp3) is 0.857. The summed E-state index contributed by atoms with van der Waals surface area (Å²) in [7, 11) is 0. The molecular formula is C7H13NO. The van der Waals surface area contributed by atoms with E-state index in [1.54, 1.807) is 0 Å². The zero-order chi connectivity index (χ0) is 6.74. The first-order chi connectivity index (χ1) is 4.27. The highest BCUT2D eigenvalue weighted by molar-refractivity contribution is 5.63. The Balaban J connectivity index is 2.46. The lowest BCUT2D eigenvalue weighted by atomic mass is 9.93. The molecule has 52 valence electrons. The van der Waals surface area contributed by atoms with Crippen LogP contribution in [0.2, 0.25) is 0 Å². The Morgan fingerprint density at radius 2 is 2.33 bits per heavy atom. The van der Waals surface area contributed by atoms with E-state index in [0.29, 0.717) is 0 Å².